The van der Waals surface area contributed by atoms with E-state index >= 15 is 0 Å². The Hall–Kier alpha value is -2.25. The third-order valence-electron chi connectivity index (χ3n) is 5.79. The summed E-state index contributed by atoms with van der Waals surface area (Å²) in [6, 6.07) is 5.74. The second-order valence-electron chi connectivity index (χ2n) is 8.02. The van der Waals surface area contributed by atoms with Gasteiger partial charge in [0, 0.05) is 42.1 Å². The summed E-state index contributed by atoms with van der Waals surface area (Å²) in [7, 11) is 0. The van der Waals surface area contributed by atoms with Crippen LogP contribution in [0.25, 0.3) is 0 Å². The molecule has 1 aliphatic heterocycles. The minimum absolute atomic E-state index is 0.127. The first-order valence-electron chi connectivity index (χ1n) is 10.2. The van der Waals surface area contributed by atoms with Crippen molar-refractivity contribution in [3.05, 3.63) is 51.5 Å². The van der Waals surface area contributed by atoms with Crippen LogP contribution in [0.5, 0.6) is 0 Å². The molecular weight excluding hydrogens is 389 g/mol. The van der Waals surface area contributed by atoms with Crippen molar-refractivity contribution < 1.29 is 14.0 Å². The van der Waals surface area contributed by atoms with Gasteiger partial charge in [0.1, 0.15) is 5.82 Å². The lowest BCUT2D eigenvalue weighted by molar-refractivity contribution is -0.117. The number of hydrogen-bond donors (Lipinski definition) is 1. The monoisotopic (exact) mass is 415 g/mol. The molecule has 0 bridgehead atoms. The molecular formula is C22H26FN3O2S. The van der Waals surface area contributed by atoms with Gasteiger partial charge >= 0.3 is 0 Å². The number of carbonyl (C=O) groups excluding carboxylic acids is 2. The van der Waals surface area contributed by atoms with Gasteiger partial charge < -0.3 is 10.2 Å². The number of carbonyl (C=O) groups is 2. The van der Waals surface area contributed by atoms with Gasteiger partial charge in [-0.3, -0.25) is 14.5 Å². The summed E-state index contributed by atoms with van der Waals surface area (Å²) in [5.74, 6) is 0.378. The van der Waals surface area contributed by atoms with Crippen LogP contribution in [0, 0.1) is 11.7 Å². The van der Waals surface area contributed by atoms with E-state index in [2.05, 4.69) is 12.2 Å². The highest BCUT2D eigenvalue weighted by atomic mass is 32.1. The molecule has 1 atom stereocenters. The molecule has 5 nitrogen and oxygen atoms in total. The SMILES string of the molecule is CC1CCc2c(C(=O)N3CCN(CC(=O)Nc4ccc(F)cc4)CC3)csc2C1. The normalized spacial score (nSPS) is 19.7. The van der Waals surface area contributed by atoms with E-state index in [4.69, 9.17) is 0 Å². The maximum Gasteiger partial charge on any atom is 0.255 e. The van der Waals surface area contributed by atoms with E-state index in [0.29, 0.717) is 37.8 Å². The first kappa shape index (κ1) is 20.0. The number of halogens is 1. The van der Waals surface area contributed by atoms with Gasteiger partial charge in [-0.2, -0.15) is 0 Å². The molecule has 1 aromatic heterocycles. The van der Waals surface area contributed by atoms with Crippen LogP contribution in [0.15, 0.2) is 29.6 Å². The van der Waals surface area contributed by atoms with Crippen LogP contribution >= 0.6 is 11.3 Å². The quantitative estimate of drug-likeness (QED) is 0.833. The Bertz CT molecular complexity index is 888. The van der Waals surface area contributed by atoms with Crippen molar-refractivity contribution in [2.75, 3.05) is 38.0 Å². The summed E-state index contributed by atoms with van der Waals surface area (Å²) in [6.07, 6.45) is 3.25. The van der Waals surface area contributed by atoms with Crippen molar-refractivity contribution in [3.8, 4) is 0 Å². The highest BCUT2D eigenvalue weighted by Gasteiger charge is 2.28. The summed E-state index contributed by atoms with van der Waals surface area (Å²) in [5.41, 5.74) is 2.74. The molecule has 0 saturated carbocycles. The van der Waals surface area contributed by atoms with Crippen molar-refractivity contribution >= 4 is 28.8 Å². The molecule has 1 fully saturated rings. The van der Waals surface area contributed by atoms with E-state index in [1.54, 1.807) is 23.5 Å². The van der Waals surface area contributed by atoms with E-state index in [9.17, 15) is 14.0 Å². The lowest BCUT2D eigenvalue weighted by Gasteiger charge is -2.34. The van der Waals surface area contributed by atoms with Crippen LogP contribution in [-0.2, 0) is 17.6 Å². The van der Waals surface area contributed by atoms with Gasteiger partial charge in [-0.25, -0.2) is 4.39 Å². The maximum atomic E-state index is 13.0. The summed E-state index contributed by atoms with van der Waals surface area (Å²) in [4.78, 5) is 30.6. The minimum atomic E-state index is -0.329. The highest BCUT2D eigenvalue weighted by Crippen LogP contribution is 2.33. The van der Waals surface area contributed by atoms with E-state index in [0.717, 1.165) is 24.8 Å². The molecule has 0 radical (unpaired) electrons. The third-order valence-corrected chi connectivity index (χ3v) is 6.84. The Kier molecular flexibility index (Phi) is 5.96. The van der Waals surface area contributed by atoms with Crippen LogP contribution in [-0.4, -0.2) is 54.3 Å². The van der Waals surface area contributed by atoms with E-state index in [-0.39, 0.29) is 24.2 Å². The van der Waals surface area contributed by atoms with Crippen molar-refractivity contribution in [2.45, 2.75) is 26.2 Å². The molecule has 2 heterocycles. The van der Waals surface area contributed by atoms with Gasteiger partial charge in [-0.1, -0.05) is 6.92 Å². The molecule has 1 aliphatic carbocycles. The number of nitrogens with zero attached hydrogens (tertiary/aromatic N) is 2. The molecule has 1 unspecified atom stereocenters. The molecule has 29 heavy (non-hydrogen) atoms. The molecule has 2 aromatic rings. The lowest BCUT2D eigenvalue weighted by atomic mass is 9.88. The number of anilines is 1. The Morgan fingerprint density at radius 1 is 1.17 bits per heavy atom. The number of nitrogens with one attached hydrogen (secondary N) is 1. The average Bonchev–Trinajstić information content (AvgIpc) is 3.12. The van der Waals surface area contributed by atoms with Gasteiger partial charge in [0.05, 0.1) is 12.1 Å². The van der Waals surface area contributed by atoms with Crippen LogP contribution in [0.2, 0.25) is 0 Å². The van der Waals surface area contributed by atoms with E-state index in [1.807, 2.05) is 15.2 Å². The van der Waals surface area contributed by atoms with Crippen molar-refractivity contribution in [3.63, 3.8) is 0 Å². The molecule has 0 spiro atoms. The minimum Gasteiger partial charge on any atom is -0.336 e. The van der Waals surface area contributed by atoms with Crippen LogP contribution in [0.1, 0.15) is 34.1 Å². The Labute approximate surface area is 174 Å². The van der Waals surface area contributed by atoms with Gasteiger partial charge in [-0.15, -0.1) is 11.3 Å². The topological polar surface area (TPSA) is 52.7 Å². The predicted molar refractivity (Wildman–Crippen MR) is 113 cm³/mol. The lowest BCUT2D eigenvalue weighted by Crippen LogP contribution is -2.50. The van der Waals surface area contributed by atoms with Crippen LogP contribution in [0.4, 0.5) is 10.1 Å². The number of hydrogen-bond acceptors (Lipinski definition) is 4. The van der Waals surface area contributed by atoms with Gasteiger partial charge in [-0.05, 0) is 55.0 Å². The largest absolute Gasteiger partial charge is 0.336 e. The van der Waals surface area contributed by atoms with Gasteiger partial charge in [0.25, 0.3) is 5.91 Å². The summed E-state index contributed by atoms with van der Waals surface area (Å²) < 4.78 is 13.0. The Morgan fingerprint density at radius 2 is 1.90 bits per heavy atom. The van der Waals surface area contributed by atoms with Crippen molar-refractivity contribution in [1.82, 2.24) is 9.80 Å². The number of benzene rings is 1. The average molecular weight is 416 g/mol. The van der Waals surface area contributed by atoms with E-state index < -0.39 is 0 Å². The molecule has 7 heteroatoms. The number of thiophene rings is 1. The zero-order chi connectivity index (χ0) is 20.4. The molecule has 1 saturated heterocycles. The first-order chi connectivity index (χ1) is 14.0. The van der Waals surface area contributed by atoms with Crippen molar-refractivity contribution in [1.29, 1.82) is 0 Å². The second-order valence-corrected chi connectivity index (χ2v) is 8.99. The smallest absolute Gasteiger partial charge is 0.255 e. The summed E-state index contributed by atoms with van der Waals surface area (Å²) in [6.45, 7) is 5.14. The van der Waals surface area contributed by atoms with Crippen LogP contribution in [0.3, 0.4) is 0 Å². The Balaban J connectivity index is 1.29. The first-order valence-corrected chi connectivity index (χ1v) is 11.0. The number of amides is 2. The molecule has 4 rings (SSSR count). The van der Waals surface area contributed by atoms with Crippen LogP contribution < -0.4 is 5.32 Å². The number of rotatable bonds is 4. The predicted octanol–water partition coefficient (Wildman–Crippen LogP) is 3.41. The van der Waals surface area contributed by atoms with Gasteiger partial charge in [0.2, 0.25) is 5.91 Å². The molecule has 2 aliphatic rings. The zero-order valence-electron chi connectivity index (χ0n) is 16.6. The second kappa shape index (κ2) is 8.63. The Morgan fingerprint density at radius 3 is 2.62 bits per heavy atom. The fourth-order valence-electron chi connectivity index (χ4n) is 4.07. The number of piperazine rings is 1. The molecule has 1 N–H and O–H groups in total. The third kappa shape index (κ3) is 4.67. The van der Waals surface area contributed by atoms with Gasteiger partial charge in [0.15, 0.2) is 0 Å². The number of fused-ring (bicyclic) bond motifs is 1. The molecule has 2 amide bonds. The maximum absolute atomic E-state index is 13.0. The van der Waals surface area contributed by atoms with Crippen molar-refractivity contribution in [2.24, 2.45) is 5.92 Å². The fourth-order valence-corrected chi connectivity index (χ4v) is 5.31. The molecule has 1 aromatic carbocycles. The molecule has 154 valence electrons. The fraction of sp³-hybridized carbons (Fsp3) is 0.455. The summed E-state index contributed by atoms with van der Waals surface area (Å²) >= 11 is 1.72. The highest BCUT2D eigenvalue weighted by molar-refractivity contribution is 7.10. The standard InChI is InChI=1S/C22H26FN3O2S/c1-15-2-7-18-19(14-29-20(18)12-15)22(28)26-10-8-25(9-11-26)13-21(27)24-17-5-3-16(23)4-6-17/h3-6,14-15H,2,7-13H2,1H3,(H,24,27). The summed E-state index contributed by atoms with van der Waals surface area (Å²) in [5, 5.41) is 4.82. The van der Waals surface area contributed by atoms with E-state index in [1.165, 1.54) is 22.6 Å². The zero-order valence-corrected chi connectivity index (χ0v) is 17.4.